The molecule has 1 aromatic carbocycles. The Balaban J connectivity index is 2.14. The van der Waals surface area contributed by atoms with E-state index in [0.717, 1.165) is 17.7 Å². The molecule has 0 radical (unpaired) electrons. The maximum absolute atomic E-state index is 13.0. The van der Waals surface area contributed by atoms with E-state index in [1.54, 1.807) is 16.8 Å². The first-order valence-electron chi connectivity index (χ1n) is 8.89. The van der Waals surface area contributed by atoms with Crippen LogP contribution in [0.3, 0.4) is 0 Å². The van der Waals surface area contributed by atoms with Gasteiger partial charge in [-0.2, -0.15) is 0 Å². The highest BCUT2D eigenvalue weighted by Crippen LogP contribution is 2.16. The van der Waals surface area contributed by atoms with Gasteiger partial charge in [0.15, 0.2) is 0 Å². The second-order valence-electron chi connectivity index (χ2n) is 6.61. The fourth-order valence-electron chi connectivity index (χ4n) is 2.64. The Bertz CT molecular complexity index is 1000. The van der Waals surface area contributed by atoms with E-state index in [1.807, 2.05) is 50.2 Å². The van der Waals surface area contributed by atoms with Gasteiger partial charge in [0, 0.05) is 18.5 Å². The lowest BCUT2D eigenvalue weighted by Gasteiger charge is -2.15. The summed E-state index contributed by atoms with van der Waals surface area (Å²) in [6.45, 7) is 8.15. The molecule has 0 aliphatic heterocycles. The summed E-state index contributed by atoms with van der Waals surface area (Å²) in [6.07, 6.45) is 4.29. The zero-order valence-electron chi connectivity index (χ0n) is 15.7. The zero-order chi connectivity index (χ0) is 18.7. The van der Waals surface area contributed by atoms with Crippen molar-refractivity contribution in [3.63, 3.8) is 0 Å². The molecule has 3 rings (SSSR count). The maximum atomic E-state index is 13.0. The first-order chi connectivity index (χ1) is 12.5. The molecule has 1 N–H and O–H groups in total. The number of anilines is 1. The monoisotopic (exact) mass is 348 g/mol. The third kappa shape index (κ3) is 3.67. The van der Waals surface area contributed by atoms with E-state index in [4.69, 9.17) is 4.98 Å². The van der Waals surface area contributed by atoms with E-state index in [-0.39, 0.29) is 11.6 Å². The van der Waals surface area contributed by atoms with Crippen LogP contribution in [-0.2, 0) is 0 Å². The number of aliphatic imine (C=N–C) groups is 1. The van der Waals surface area contributed by atoms with Gasteiger partial charge >= 0.3 is 0 Å². The lowest BCUT2D eigenvalue weighted by atomic mass is 10.2. The Morgan fingerprint density at radius 2 is 1.96 bits per heavy atom. The van der Waals surface area contributed by atoms with Gasteiger partial charge in [0.25, 0.3) is 5.56 Å². The van der Waals surface area contributed by atoms with Crippen molar-refractivity contribution < 1.29 is 0 Å². The number of fused-ring (bicyclic) bond motifs is 1. The summed E-state index contributed by atoms with van der Waals surface area (Å²) < 4.78 is 1.58. The highest BCUT2D eigenvalue weighted by atomic mass is 16.1. The highest BCUT2D eigenvalue weighted by Gasteiger charge is 2.14. The van der Waals surface area contributed by atoms with Gasteiger partial charge in [0.1, 0.15) is 17.0 Å². The molecule has 1 atom stereocenters. The van der Waals surface area contributed by atoms with Gasteiger partial charge in [0.05, 0.1) is 5.69 Å². The average molecular weight is 348 g/mol. The van der Waals surface area contributed by atoms with E-state index in [0.29, 0.717) is 17.0 Å². The van der Waals surface area contributed by atoms with Gasteiger partial charge in [-0.05, 0) is 51.0 Å². The summed E-state index contributed by atoms with van der Waals surface area (Å²) in [4.78, 5) is 22.2. The number of hydrogen-bond acceptors (Lipinski definition) is 4. The Labute approximate surface area is 153 Å². The van der Waals surface area contributed by atoms with Crippen molar-refractivity contribution in [1.82, 2.24) is 9.38 Å². The van der Waals surface area contributed by atoms with Crippen LogP contribution in [0, 0.1) is 13.8 Å². The van der Waals surface area contributed by atoms with Crippen LogP contribution >= 0.6 is 0 Å². The van der Waals surface area contributed by atoms with E-state index < -0.39 is 0 Å². The van der Waals surface area contributed by atoms with Crippen LogP contribution in [-0.4, -0.2) is 21.6 Å². The van der Waals surface area contributed by atoms with Crippen LogP contribution in [0.1, 0.15) is 37.0 Å². The van der Waals surface area contributed by atoms with Crippen molar-refractivity contribution in [2.45, 2.75) is 40.2 Å². The molecule has 0 amide bonds. The van der Waals surface area contributed by atoms with E-state index >= 15 is 0 Å². The summed E-state index contributed by atoms with van der Waals surface area (Å²) >= 11 is 0. The molecule has 0 saturated carbocycles. The SMILES string of the molecule is CC[C@H](C)Nc1nc2c(C)cccn2c(=O)c1C=Nc1ccc(C)cc1. The Hall–Kier alpha value is -2.95. The molecule has 3 aromatic rings. The van der Waals surface area contributed by atoms with Crippen LogP contribution < -0.4 is 10.9 Å². The van der Waals surface area contributed by atoms with E-state index in [9.17, 15) is 4.79 Å². The van der Waals surface area contributed by atoms with Crippen molar-refractivity contribution in [2.24, 2.45) is 4.99 Å². The number of benzene rings is 1. The molecule has 0 unspecified atom stereocenters. The summed E-state index contributed by atoms with van der Waals surface area (Å²) in [6, 6.07) is 11.9. The second-order valence-corrected chi connectivity index (χ2v) is 6.61. The lowest BCUT2D eigenvalue weighted by Crippen LogP contribution is -2.25. The predicted octanol–water partition coefficient (Wildman–Crippen LogP) is 4.27. The molecular weight excluding hydrogens is 324 g/mol. The molecule has 0 bridgehead atoms. The van der Waals surface area contributed by atoms with Gasteiger partial charge < -0.3 is 5.32 Å². The third-order valence-corrected chi connectivity index (χ3v) is 4.46. The third-order valence-electron chi connectivity index (χ3n) is 4.46. The molecule has 2 aromatic heterocycles. The largest absolute Gasteiger partial charge is 0.367 e. The summed E-state index contributed by atoms with van der Waals surface area (Å²) in [5, 5.41) is 3.35. The average Bonchev–Trinajstić information content (AvgIpc) is 2.63. The van der Waals surface area contributed by atoms with E-state index in [1.165, 1.54) is 5.56 Å². The van der Waals surface area contributed by atoms with Crippen molar-refractivity contribution in [2.75, 3.05) is 5.32 Å². The van der Waals surface area contributed by atoms with Gasteiger partial charge in [-0.15, -0.1) is 0 Å². The second kappa shape index (κ2) is 7.52. The molecule has 0 aliphatic rings. The van der Waals surface area contributed by atoms with Gasteiger partial charge in [-0.25, -0.2) is 4.98 Å². The normalized spacial score (nSPS) is 12.6. The molecule has 26 heavy (non-hydrogen) atoms. The van der Waals surface area contributed by atoms with Crippen LogP contribution in [0.4, 0.5) is 11.5 Å². The van der Waals surface area contributed by atoms with Crippen molar-refractivity contribution in [3.8, 4) is 0 Å². The van der Waals surface area contributed by atoms with Crippen LogP contribution in [0.2, 0.25) is 0 Å². The number of hydrogen-bond donors (Lipinski definition) is 1. The molecule has 0 aliphatic carbocycles. The van der Waals surface area contributed by atoms with Gasteiger partial charge in [-0.1, -0.05) is 30.7 Å². The number of nitrogens with zero attached hydrogens (tertiary/aromatic N) is 3. The minimum atomic E-state index is -0.125. The zero-order valence-corrected chi connectivity index (χ0v) is 15.7. The molecule has 0 saturated heterocycles. The number of rotatable bonds is 5. The molecule has 5 nitrogen and oxygen atoms in total. The first-order valence-corrected chi connectivity index (χ1v) is 8.89. The van der Waals surface area contributed by atoms with Crippen LogP contribution in [0.5, 0.6) is 0 Å². The summed E-state index contributed by atoms with van der Waals surface area (Å²) in [5.41, 5.74) is 3.94. The number of aromatic nitrogens is 2. The maximum Gasteiger partial charge on any atom is 0.268 e. The van der Waals surface area contributed by atoms with Crippen LogP contribution in [0.25, 0.3) is 5.65 Å². The lowest BCUT2D eigenvalue weighted by molar-refractivity contribution is 0.758. The number of nitrogens with one attached hydrogen (secondary N) is 1. The smallest absolute Gasteiger partial charge is 0.268 e. The Morgan fingerprint density at radius 1 is 1.23 bits per heavy atom. The first kappa shape index (κ1) is 17.9. The molecular formula is C21H24N4O. The molecule has 0 spiro atoms. The predicted molar refractivity (Wildman–Crippen MR) is 108 cm³/mol. The summed E-state index contributed by atoms with van der Waals surface area (Å²) in [5.74, 6) is 0.578. The number of pyridine rings is 1. The molecule has 2 heterocycles. The highest BCUT2D eigenvalue weighted by molar-refractivity contribution is 5.88. The fraction of sp³-hybridized carbons (Fsp3) is 0.286. The minimum Gasteiger partial charge on any atom is -0.367 e. The molecule has 0 fully saturated rings. The van der Waals surface area contributed by atoms with Crippen molar-refractivity contribution in [3.05, 3.63) is 69.6 Å². The molecule has 134 valence electrons. The Kier molecular flexibility index (Phi) is 5.16. The van der Waals surface area contributed by atoms with Gasteiger partial charge in [0.2, 0.25) is 0 Å². The van der Waals surface area contributed by atoms with Gasteiger partial charge in [-0.3, -0.25) is 14.2 Å². The fourth-order valence-corrected chi connectivity index (χ4v) is 2.64. The molecule has 5 heteroatoms. The number of aryl methyl sites for hydroxylation is 2. The van der Waals surface area contributed by atoms with Crippen molar-refractivity contribution in [1.29, 1.82) is 0 Å². The Morgan fingerprint density at radius 3 is 2.65 bits per heavy atom. The standard InChI is InChI=1S/C21H24N4O/c1-5-16(4)23-19-18(13-22-17-10-8-14(2)9-11-17)21(26)25-12-6-7-15(3)20(25)24-19/h6-13,16,23H,5H2,1-4H3/t16-/m0/s1. The van der Waals surface area contributed by atoms with Crippen molar-refractivity contribution >= 4 is 23.4 Å². The van der Waals surface area contributed by atoms with E-state index in [2.05, 4.69) is 24.2 Å². The summed E-state index contributed by atoms with van der Waals surface area (Å²) in [7, 11) is 0. The minimum absolute atomic E-state index is 0.125. The quantitative estimate of drug-likeness (QED) is 0.701. The van der Waals surface area contributed by atoms with Crippen LogP contribution in [0.15, 0.2) is 52.4 Å². The topological polar surface area (TPSA) is 58.8 Å².